The highest BCUT2D eigenvalue weighted by Gasteiger charge is 2.43. The second-order valence-electron chi connectivity index (χ2n) is 6.35. The third-order valence-corrected chi connectivity index (χ3v) is 4.76. The number of nitrogens with one attached hydrogen (secondary N) is 1. The average molecular weight is 298 g/mol. The van der Waals surface area contributed by atoms with Crippen LogP contribution < -0.4 is 5.32 Å². The third-order valence-electron chi connectivity index (χ3n) is 4.76. The monoisotopic (exact) mass is 298 g/mol. The molecule has 0 spiro atoms. The van der Waals surface area contributed by atoms with Crippen molar-refractivity contribution in [1.29, 1.82) is 0 Å². The van der Waals surface area contributed by atoms with Gasteiger partial charge in [0, 0.05) is 13.1 Å². The molecule has 2 amide bonds. The Bertz CT molecular complexity index is 391. The number of morpholine rings is 1. The normalized spacial score (nSPS) is 33.5. The van der Waals surface area contributed by atoms with Crippen molar-refractivity contribution >= 4 is 12.0 Å². The molecule has 1 saturated carbocycles. The topological polar surface area (TPSA) is 78.9 Å². The molecule has 0 aromatic rings. The van der Waals surface area contributed by atoms with Crippen LogP contribution in [0.5, 0.6) is 0 Å². The maximum atomic E-state index is 12.4. The van der Waals surface area contributed by atoms with Crippen LogP contribution in [-0.2, 0) is 9.53 Å². The zero-order valence-corrected chi connectivity index (χ0v) is 12.9. The molecule has 21 heavy (non-hydrogen) atoms. The summed E-state index contributed by atoms with van der Waals surface area (Å²) >= 11 is 0. The van der Waals surface area contributed by atoms with E-state index in [-0.39, 0.29) is 12.1 Å². The number of hydrogen-bond donors (Lipinski definition) is 2. The Labute approximate surface area is 125 Å². The van der Waals surface area contributed by atoms with Crippen LogP contribution in [0.15, 0.2) is 0 Å². The lowest BCUT2D eigenvalue weighted by Gasteiger charge is -2.39. The summed E-state index contributed by atoms with van der Waals surface area (Å²) in [4.78, 5) is 25.8. The van der Waals surface area contributed by atoms with Gasteiger partial charge in [-0.15, -0.1) is 0 Å². The fourth-order valence-corrected chi connectivity index (χ4v) is 3.08. The first-order valence-corrected chi connectivity index (χ1v) is 7.89. The van der Waals surface area contributed by atoms with Gasteiger partial charge in [-0.1, -0.05) is 13.8 Å². The summed E-state index contributed by atoms with van der Waals surface area (Å²) < 4.78 is 5.55. The van der Waals surface area contributed by atoms with Gasteiger partial charge in [-0.25, -0.2) is 9.59 Å². The molecule has 6 heteroatoms. The lowest BCUT2D eigenvalue weighted by atomic mass is 9.77. The fraction of sp³-hybridized carbons (Fsp3) is 0.867. The van der Waals surface area contributed by atoms with Crippen LogP contribution in [0.2, 0.25) is 0 Å². The summed E-state index contributed by atoms with van der Waals surface area (Å²) in [7, 11) is 0. The smallest absolute Gasteiger partial charge is 0.329 e. The Morgan fingerprint density at radius 1 is 1.38 bits per heavy atom. The van der Waals surface area contributed by atoms with E-state index in [2.05, 4.69) is 12.2 Å². The number of carbonyl (C=O) groups excluding carboxylic acids is 1. The molecular weight excluding hydrogens is 272 g/mol. The van der Waals surface area contributed by atoms with Crippen LogP contribution in [0.25, 0.3) is 0 Å². The number of hydrogen-bond acceptors (Lipinski definition) is 3. The van der Waals surface area contributed by atoms with E-state index in [4.69, 9.17) is 4.74 Å². The van der Waals surface area contributed by atoms with Crippen molar-refractivity contribution in [2.75, 3.05) is 19.7 Å². The van der Waals surface area contributed by atoms with Crippen LogP contribution in [0.1, 0.15) is 46.0 Å². The molecule has 0 radical (unpaired) electrons. The minimum absolute atomic E-state index is 0.0525. The molecule has 6 nitrogen and oxygen atoms in total. The van der Waals surface area contributed by atoms with Crippen LogP contribution in [-0.4, -0.2) is 53.3 Å². The predicted octanol–water partition coefficient (Wildman–Crippen LogP) is 1.84. The molecular formula is C15H26N2O4. The molecule has 0 bridgehead atoms. The minimum atomic E-state index is -1.09. The number of aliphatic carboxylic acids is 1. The van der Waals surface area contributed by atoms with Gasteiger partial charge < -0.3 is 20.1 Å². The van der Waals surface area contributed by atoms with Crippen LogP contribution in [0.3, 0.4) is 0 Å². The van der Waals surface area contributed by atoms with Gasteiger partial charge in [-0.2, -0.15) is 0 Å². The minimum Gasteiger partial charge on any atom is -0.480 e. The van der Waals surface area contributed by atoms with Gasteiger partial charge in [0.25, 0.3) is 0 Å². The Hall–Kier alpha value is -1.30. The summed E-state index contributed by atoms with van der Waals surface area (Å²) in [5.74, 6) is -0.384. The first-order chi connectivity index (χ1) is 9.97. The van der Waals surface area contributed by atoms with E-state index in [1.165, 1.54) is 0 Å². The van der Waals surface area contributed by atoms with Crippen molar-refractivity contribution < 1.29 is 19.4 Å². The number of rotatable bonds is 3. The average Bonchev–Trinajstić information content (AvgIpc) is 2.49. The highest BCUT2D eigenvalue weighted by molar-refractivity contribution is 5.86. The van der Waals surface area contributed by atoms with E-state index in [9.17, 15) is 14.7 Å². The Morgan fingerprint density at radius 3 is 2.62 bits per heavy atom. The summed E-state index contributed by atoms with van der Waals surface area (Å²) in [6.07, 6.45) is 3.61. The number of urea groups is 1. The molecule has 1 saturated heterocycles. The standard InChI is InChI=1S/C15H26N2O4/c1-3-12-10-17(8-9-21-12)14(20)16-15(13(18)19)6-4-11(2)5-7-15/h11-12H,3-10H2,1-2H3,(H,16,20)(H,18,19). The number of ether oxygens (including phenoxy) is 1. The van der Waals surface area contributed by atoms with Crippen LogP contribution in [0.4, 0.5) is 4.79 Å². The van der Waals surface area contributed by atoms with Gasteiger partial charge in [0.2, 0.25) is 0 Å². The van der Waals surface area contributed by atoms with Gasteiger partial charge in [0.1, 0.15) is 5.54 Å². The van der Waals surface area contributed by atoms with E-state index in [0.29, 0.717) is 38.5 Å². The van der Waals surface area contributed by atoms with E-state index in [1.807, 2.05) is 6.92 Å². The molecule has 2 aliphatic rings. The van der Waals surface area contributed by atoms with Crippen LogP contribution >= 0.6 is 0 Å². The number of carboxylic acids is 1. The van der Waals surface area contributed by atoms with E-state index >= 15 is 0 Å². The van der Waals surface area contributed by atoms with Crippen molar-refractivity contribution in [3.05, 3.63) is 0 Å². The van der Waals surface area contributed by atoms with Crippen molar-refractivity contribution in [3.8, 4) is 0 Å². The van der Waals surface area contributed by atoms with E-state index in [1.54, 1.807) is 4.90 Å². The van der Waals surface area contributed by atoms with Gasteiger partial charge >= 0.3 is 12.0 Å². The summed E-state index contributed by atoms with van der Waals surface area (Å²) in [6, 6.07) is -0.270. The molecule has 0 aromatic carbocycles. The van der Waals surface area contributed by atoms with Crippen molar-refractivity contribution in [3.63, 3.8) is 0 Å². The second-order valence-corrected chi connectivity index (χ2v) is 6.35. The maximum Gasteiger partial charge on any atom is 0.329 e. The van der Waals surface area contributed by atoms with Gasteiger partial charge in [0.05, 0.1) is 12.7 Å². The predicted molar refractivity (Wildman–Crippen MR) is 78.1 cm³/mol. The molecule has 1 unspecified atom stereocenters. The molecule has 1 aliphatic carbocycles. The molecule has 2 fully saturated rings. The van der Waals surface area contributed by atoms with Gasteiger partial charge in [-0.05, 0) is 38.0 Å². The first kappa shape index (κ1) is 16.1. The number of carbonyl (C=O) groups is 2. The molecule has 1 aliphatic heterocycles. The van der Waals surface area contributed by atoms with Crippen LogP contribution in [0, 0.1) is 5.92 Å². The lowest BCUT2D eigenvalue weighted by molar-refractivity contribution is -0.146. The van der Waals surface area contributed by atoms with Crippen molar-refractivity contribution in [2.24, 2.45) is 5.92 Å². The molecule has 2 rings (SSSR count). The quantitative estimate of drug-likeness (QED) is 0.833. The third kappa shape index (κ3) is 3.67. The zero-order chi connectivity index (χ0) is 15.5. The summed E-state index contributed by atoms with van der Waals surface area (Å²) in [5.41, 5.74) is -1.09. The number of carboxylic acid groups (broad SMARTS) is 1. The Morgan fingerprint density at radius 2 is 2.05 bits per heavy atom. The van der Waals surface area contributed by atoms with E-state index < -0.39 is 11.5 Å². The number of nitrogens with zero attached hydrogens (tertiary/aromatic N) is 1. The largest absolute Gasteiger partial charge is 0.480 e. The van der Waals surface area contributed by atoms with Gasteiger partial charge in [0.15, 0.2) is 0 Å². The molecule has 0 aromatic heterocycles. The SMILES string of the molecule is CCC1CN(C(=O)NC2(C(=O)O)CCC(C)CC2)CCO1. The first-order valence-electron chi connectivity index (χ1n) is 7.89. The second kappa shape index (κ2) is 6.64. The lowest BCUT2D eigenvalue weighted by Crippen LogP contribution is -2.61. The molecule has 1 heterocycles. The highest BCUT2D eigenvalue weighted by Crippen LogP contribution is 2.32. The molecule has 120 valence electrons. The molecule has 2 N–H and O–H groups in total. The number of amides is 2. The summed E-state index contributed by atoms with van der Waals surface area (Å²) in [6.45, 7) is 5.72. The van der Waals surface area contributed by atoms with E-state index in [0.717, 1.165) is 19.3 Å². The Balaban J connectivity index is 2.00. The fourth-order valence-electron chi connectivity index (χ4n) is 3.08. The Kier molecular flexibility index (Phi) is 5.08. The van der Waals surface area contributed by atoms with Crippen molar-refractivity contribution in [2.45, 2.75) is 57.6 Å². The summed E-state index contributed by atoms with van der Waals surface area (Å²) in [5, 5.41) is 12.4. The molecule has 1 atom stereocenters. The van der Waals surface area contributed by atoms with Crippen molar-refractivity contribution in [1.82, 2.24) is 10.2 Å². The highest BCUT2D eigenvalue weighted by atomic mass is 16.5. The maximum absolute atomic E-state index is 12.4. The van der Waals surface area contributed by atoms with Gasteiger partial charge in [-0.3, -0.25) is 0 Å². The zero-order valence-electron chi connectivity index (χ0n) is 12.9.